The van der Waals surface area contributed by atoms with Crippen LogP contribution in [0.3, 0.4) is 0 Å². The van der Waals surface area contributed by atoms with Gasteiger partial charge in [0.25, 0.3) is 0 Å². The van der Waals surface area contributed by atoms with E-state index in [1.807, 2.05) is 0 Å². The van der Waals surface area contributed by atoms with Crippen LogP contribution in [-0.4, -0.2) is 18.7 Å². The van der Waals surface area contributed by atoms with Gasteiger partial charge in [-0.2, -0.15) is 0 Å². The lowest BCUT2D eigenvalue weighted by atomic mass is 10.1. The minimum Gasteiger partial charge on any atom is -0.459 e. The van der Waals surface area contributed by atoms with E-state index in [2.05, 4.69) is 18.2 Å². The zero-order valence-electron chi connectivity index (χ0n) is 9.01. The Bertz CT molecular complexity index is 190. The molecule has 0 fully saturated rings. The third-order valence-electron chi connectivity index (χ3n) is 1.86. The first-order chi connectivity index (χ1) is 6.57. The molecule has 1 atom stereocenters. The Morgan fingerprint density at radius 3 is 2.64 bits per heavy atom. The Balaban J connectivity index is 3.48. The number of halogens is 1. The Labute approximate surface area is 85.1 Å². The quantitative estimate of drug-likeness (QED) is 0.360. The first-order valence-electron chi connectivity index (χ1n) is 5.04. The second-order valence-corrected chi connectivity index (χ2v) is 3.47. The van der Waals surface area contributed by atoms with Crippen LogP contribution in [0.1, 0.15) is 39.5 Å². The molecule has 0 aromatic rings. The van der Waals surface area contributed by atoms with Gasteiger partial charge in [-0.05, 0) is 13.3 Å². The van der Waals surface area contributed by atoms with E-state index in [9.17, 15) is 9.18 Å². The summed E-state index contributed by atoms with van der Waals surface area (Å²) >= 11 is 0. The van der Waals surface area contributed by atoms with Crippen LogP contribution in [0.2, 0.25) is 0 Å². The van der Waals surface area contributed by atoms with Gasteiger partial charge in [-0.1, -0.05) is 32.8 Å². The van der Waals surface area contributed by atoms with E-state index in [1.165, 1.54) is 0 Å². The van der Waals surface area contributed by atoms with Crippen molar-refractivity contribution in [2.24, 2.45) is 0 Å². The lowest BCUT2D eigenvalue weighted by Crippen LogP contribution is -2.15. The van der Waals surface area contributed by atoms with Crippen LogP contribution in [0.25, 0.3) is 0 Å². The van der Waals surface area contributed by atoms with Crippen LogP contribution in [0.4, 0.5) is 4.39 Å². The van der Waals surface area contributed by atoms with Gasteiger partial charge in [-0.25, -0.2) is 9.18 Å². The number of carbonyl (C=O) groups is 1. The molecule has 0 aromatic heterocycles. The van der Waals surface area contributed by atoms with Crippen molar-refractivity contribution in [3.8, 4) is 0 Å². The minimum atomic E-state index is -1.04. The van der Waals surface area contributed by atoms with Crippen molar-refractivity contribution in [1.29, 1.82) is 0 Å². The molecule has 82 valence electrons. The zero-order valence-corrected chi connectivity index (χ0v) is 9.01. The first-order valence-corrected chi connectivity index (χ1v) is 5.04. The molecule has 14 heavy (non-hydrogen) atoms. The smallest absolute Gasteiger partial charge is 0.333 e. The maximum absolute atomic E-state index is 13.0. The third-order valence-corrected chi connectivity index (χ3v) is 1.86. The topological polar surface area (TPSA) is 26.3 Å². The fourth-order valence-corrected chi connectivity index (χ4v) is 0.988. The van der Waals surface area contributed by atoms with Crippen LogP contribution >= 0.6 is 0 Å². The maximum Gasteiger partial charge on any atom is 0.333 e. The molecule has 0 rings (SSSR count). The number of alkyl halides is 1. The van der Waals surface area contributed by atoms with Gasteiger partial charge < -0.3 is 4.74 Å². The molecule has 0 spiro atoms. The fraction of sp³-hybridized carbons (Fsp3) is 0.727. The molecule has 2 nitrogen and oxygen atoms in total. The van der Waals surface area contributed by atoms with Crippen molar-refractivity contribution in [2.45, 2.75) is 45.7 Å². The van der Waals surface area contributed by atoms with Gasteiger partial charge in [0.1, 0.15) is 12.8 Å². The maximum atomic E-state index is 13.0. The van der Waals surface area contributed by atoms with Gasteiger partial charge in [0.05, 0.1) is 0 Å². The monoisotopic (exact) mass is 202 g/mol. The summed E-state index contributed by atoms with van der Waals surface area (Å²) in [5.41, 5.74) is 0.311. The molecule has 0 aliphatic carbocycles. The molecule has 0 radical (unpaired) electrons. The molecule has 0 bridgehead atoms. The largest absolute Gasteiger partial charge is 0.459 e. The average Bonchev–Trinajstić information content (AvgIpc) is 2.14. The number of carbonyl (C=O) groups excluding carboxylic acids is 1. The van der Waals surface area contributed by atoms with Crippen molar-refractivity contribution in [3.63, 3.8) is 0 Å². The van der Waals surface area contributed by atoms with Crippen LogP contribution in [-0.2, 0) is 9.53 Å². The first kappa shape index (κ1) is 13.1. The molecular weight excluding hydrogens is 183 g/mol. The Morgan fingerprint density at radius 1 is 1.50 bits per heavy atom. The molecule has 0 aromatic carbocycles. The van der Waals surface area contributed by atoms with Crippen molar-refractivity contribution in [2.75, 3.05) is 6.61 Å². The number of ether oxygens (including phenoxy) is 1. The molecule has 1 unspecified atom stereocenters. The second-order valence-electron chi connectivity index (χ2n) is 3.47. The SMILES string of the molecule is C=C(C)C(=O)OCC(F)CCCCC. The van der Waals surface area contributed by atoms with E-state index < -0.39 is 12.1 Å². The van der Waals surface area contributed by atoms with Crippen molar-refractivity contribution in [1.82, 2.24) is 0 Å². The summed E-state index contributed by atoms with van der Waals surface area (Å²) in [6.45, 7) is 6.88. The second kappa shape index (κ2) is 7.54. The molecule has 0 saturated carbocycles. The third kappa shape index (κ3) is 6.63. The lowest BCUT2D eigenvalue weighted by molar-refractivity contribution is -0.140. The number of esters is 1. The normalized spacial score (nSPS) is 12.2. The summed E-state index contributed by atoms with van der Waals surface area (Å²) in [5.74, 6) is -0.511. The highest BCUT2D eigenvalue weighted by atomic mass is 19.1. The van der Waals surface area contributed by atoms with Gasteiger partial charge >= 0.3 is 5.97 Å². The highest BCUT2D eigenvalue weighted by Gasteiger charge is 2.10. The number of rotatable bonds is 7. The number of hydrogen-bond acceptors (Lipinski definition) is 2. The van der Waals surface area contributed by atoms with Gasteiger partial charge in [-0.15, -0.1) is 0 Å². The van der Waals surface area contributed by atoms with Gasteiger partial charge in [0, 0.05) is 5.57 Å². The highest BCUT2D eigenvalue weighted by Crippen LogP contribution is 2.07. The van der Waals surface area contributed by atoms with Crippen LogP contribution in [0.5, 0.6) is 0 Å². The predicted octanol–water partition coefficient (Wildman–Crippen LogP) is 3.02. The van der Waals surface area contributed by atoms with E-state index >= 15 is 0 Å². The summed E-state index contributed by atoms with van der Waals surface area (Å²) in [7, 11) is 0. The standard InChI is InChI=1S/C11H19FO2/c1-4-5-6-7-10(12)8-14-11(13)9(2)3/h10H,2,4-8H2,1,3H3. The molecule has 0 aliphatic heterocycles. The van der Waals surface area contributed by atoms with Gasteiger partial charge in [-0.3, -0.25) is 0 Å². The predicted molar refractivity (Wildman–Crippen MR) is 54.8 cm³/mol. The summed E-state index contributed by atoms with van der Waals surface area (Å²) < 4.78 is 17.7. The van der Waals surface area contributed by atoms with Crippen LogP contribution in [0.15, 0.2) is 12.2 Å². The van der Waals surface area contributed by atoms with E-state index in [4.69, 9.17) is 0 Å². The van der Waals surface area contributed by atoms with E-state index in [-0.39, 0.29) is 6.61 Å². The molecule has 0 amide bonds. The summed E-state index contributed by atoms with van der Waals surface area (Å²) in [4.78, 5) is 10.9. The summed E-state index contributed by atoms with van der Waals surface area (Å²) in [6.07, 6.45) is 2.37. The van der Waals surface area contributed by atoms with Crippen LogP contribution < -0.4 is 0 Å². The van der Waals surface area contributed by atoms with E-state index in [1.54, 1.807) is 6.92 Å². The lowest BCUT2D eigenvalue weighted by Gasteiger charge is -2.08. The Hall–Kier alpha value is -0.860. The minimum absolute atomic E-state index is 0.143. The summed E-state index contributed by atoms with van der Waals surface area (Å²) in [6, 6.07) is 0. The zero-order chi connectivity index (χ0) is 11.0. The highest BCUT2D eigenvalue weighted by molar-refractivity contribution is 5.86. The van der Waals surface area contributed by atoms with Gasteiger partial charge in [0.15, 0.2) is 0 Å². The molecular formula is C11H19FO2. The van der Waals surface area contributed by atoms with E-state index in [0.717, 1.165) is 19.3 Å². The molecule has 0 aliphatic rings. The molecule has 0 heterocycles. The Kier molecular flexibility index (Phi) is 7.07. The summed E-state index contributed by atoms with van der Waals surface area (Å²) in [5, 5.41) is 0. The average molecular weight is 202 g/mol. The van der Waals surface area contributed by atoms with Crippen molar-refractivity contribution >= 4 is 5.97 Å². The Morgan fingerprint density at radius 2 is 2.14 bits per heavy atom. The number of unbranched alkanes of at least 4 members (excludes halogenated alkanes) is 2. The van der Waals surface area contributed by atoms with Crippen molar-refractivity contribution < 1.29 is 13.9 Å². The number of hydrogen-bond donors (Lipinski definition) is 0. The van der Waals surface area contributed by atoms with Gasteiger partial charge in [0.2, 0.25) is 0 Å². The fourth-order valence-electron chi connectivity index (χ4n) is 0.988. The molecule has 3 heteroatoms. The molecule has 0 saturated heterocycles. The van der Waals surface area contributed by atoms with Crippen LogP contribution in [0, 0.1) is 0 Å². The van der Waals surface area contributed by atoms with Crippen molar-refractivity contribution in [3.05, 3.63) is 12.2 Å². The molecule has 0 N–H and O–H groups in total. The van der Waals surface area contributed by atoms with E-state index in [0.29, 0.717) is 12.0 Å².